The Bertz CT molecular complexity index is 540. The summed E-state index contributed by atoms with van der Waals surface area (Å²) in [5, 5.41) is 6.91. The third kappa shape index (κ3) is 3.21. The molecule has 0 aliphatic carbocycles. The van der Waals surface area contributed by atoms with Crippen LogP contribution in [0.15, 0.2) is 33.4 Å². The lowest BCUT2D eigenvalue weighted by atomic mass is 10.1. The molecule has 1 N–H and O–H groups in total. The Morgan fingerprint density at radius 1 is 1.33 bits per heavy atom. The first-order valence-electron chi connectivity index (χ1n) is 5.64. The van der Waals surface area contributed by atoms with Gasteiger partial charge in [0.05, 0.1) is 6.42 Å². The van der Waals surface area contributed by atoms with Gasteiger partial charge in [-0.25, -0.2) is 0 Å². The third-order valence-corrected chi connectivity index (χ3v) is 4.65. The van der Waals surface area contributed by atoms with Crippen LogP contribution in [0, 0.1) is 13.8 Å². The molecular formula is C14H14BrNOS. The van der Waals surface area contributed by atoms with Crippen molar-refractivity contribution in [2.45, 2.75) is 20.3 Å². The lowest BCUT2D eigenvalue weighted by molar-refractivity contribution is -0.115. The lowest BCUT2D eigenvalue weighted by Crippen LogP contribution is -2.14. The number of rotatable bonds is 3. The highest BCUT2D eigenvalue weighted by molar-refractivity contribution is 9.10. The minimum atomic E-state index is 0.0227. The molecule has 1 aromatic carbocycles. The zero-order valence-electron chi connectivity index (χ0n) is 10.3. The molecule has 4 heteroatoms. The molecule has 2 aromatic rings. The van der Waals surface area contributed by atoms with Gasteiger partial charge in [-0.2, -0.15) is 11.3 Å². The van der Waals surface area contributed by atoms with Crippen LogP contribution in [-0.2, 0) is 11.2 Å². The van der Waals surface area contributed by atoms with E-state index in [9.17, 15) is 4.79 Å². The summed E-state index contributed by atoms with van der Waals surface area (Å²) in [6.07, 6.45) is 0.428. The molecule has 0 saturated carbocycles. The van der Waals surface area contributed by atoms with Gasteiger partial charge in [-0.15, -0.1) is 0 Å². The summed E-state index contributed by atoms with van der Waals surface area (Å²) in [5.74, 6) is 0.0227. The van der Waals surface area contributed by atoms with Crippen molar-refractivity contribution in [2.24, 2.45) is 0 Å². The second-order valence-corrected chi connectivity index (χ2v) is 5.85. The van der Waals surface area contributed by atoms with Gasteiger partial charge in [0, 0.05) is 10.2 Å². The highest BCUT2D eigenvalue weighted by atomic mass is 79.9. The molecular weight excluding hydrogens is 310 g/mol. The van der Waals surface area contributed by atoms with Crippen LogP contribution >= 0.6 is 27.3 Å². The van der Waals surface area contributed by atoms with Crippen molar-refractivity contribution in [3.63, 3.8) is 0 Å². The highest BCUT2D eigenvalue weighted by Crippen LogP contribution is 2.25. The predicted octanol–water partition coefficient (Wildman–Crippen LogP) is 4.31. The Labute approximate surface area is 119 Å². The Balaban J connectivity index is 2.07. The fourth-order valence-corrected chi connectivity index (χ4v) is 2.70. The molecule has 1 heterocycles. The first kappa shape index (κ1) is 13.3. The average Bonchev–Trinajstić information content (AvgIpc) is 2.78. The fraction of sp³-hybridized carbons (Fsp3) is 0.214. The Morgan fingerprint density at radius 3 is 2.56 bits per heavy atom. The summed E-state index contributed by atoms with van der Waals surface area (Å²) in [7, 11) is 0. The number of hydrogen-bond acceptors (Lipinski definition) is 2. The zero-order chi connectivity index (χ0) is 13.1. The number of aryl methyl sites for hydroxylation is 2. The average molecular weight is 324 g/mol. The van der Waals surface area contributed by atoms with E-state index < -0.39 is 0 Å². The minimum absolute atomic E-state index is 0.0227. The van der Waals surface area contributed by atoms with Gasteiger partial charge in [-0.05, 0) is 59.5 Å². The van der Waals surface area contributed by atoms with Crippen molar-refractivity contribution in [1.29, 1.82) is 0 Å². The van der Waals surface area contributed by atoms with Crippen molar-refractivity contribution >= 4 is 38.9 Å². The maximum absolute atomic E-state index is 11.9. The molecule has 0 saturated heterocycles. The van der Waals surface area contributed by atoms with Gasteiger partial charge in [-0.1, -0.05) is 15.9 Å². The quantitative estimate of drug-likeness (QED) is 0.896. The van der Waals surface area contributed by atoms with E-state index in [0.717, 1.165) is 26.9 Å². The Morgan fingerprint density at radius 2 is 2.00 bits per heavy atom. The van der Waals surface area contributed by atoms with E-state index in [-0.39, 0.29) is 5.91 Å². The molecule has 0 unspecified atom stereocenters. The molecule has 18 heavy (non-hydrogen) atoms. The highest BCUT2D eigenvalue weighted by Gasteiger charge is 2.07. The third-order valence-electron chi connectivity index (χ3n) is 2.66. The van der Waals surface area contributed by atoms with Gasteiger partial charge < -0.3 is 5.32 Å². The maximum Gasteiger partial charge on any atom is 0.228 e. The molecule has 0 bridgehead atoms. The van der Waals surface area contributed by atoms with Gasteiger partial charge >= 0.3 is 0 Å². The second-order valence-electron chi connectivity index (χ2n) is 4.28. The number of carbonyl (C=O) groups is 1. The molecule has 2 rings (SSSR count). The topological polar surface area (TPSA) is 29.1 Å². The normalized spacial score (nSPS) is 10.4. The number of benzene rings is 1. The summed E-state index contributed by atoms with van der Waals surface area (Å²) < 4.78 is 1.10. The first-order chi connectivity index (χ1) is 8.56. The van der Waals surface area contributed by atoms with E-state index >= 15 is 0 Å². The Kier molecular flexibility index (Phi) is 4.19. The smallest absolute Gasteiger partial charge is 0.228 e. The van der Waals surface area contributed by atoms with Crippen LogP contribution in [0.25, 0.3) is 0 Å². The van der Waals surface area contributed by atoms with Crippen molar-refractivity contribution in [3.8, 4) is 0 Å². The molecule has 1 amide bonds. The molecule has 2 nitrogen and oxygen atoms in total. The van der Waals surface area contributed by atoms with E-state index in [2.05, 4.69) is 21.2 Å². The number of hydrogen-bond donors (Lipinski definition) is 1. The largest absolute Gasteiger partial charge is 0.326 e. The van der Waals surface area contributed by atoms with E-state index in [0.29, 0.717) is 6.42 Å². The number of halogens is 1. The van der Waals surface area contributed by atoms with Gasteiger partial charge in [-0.3, -0.25) is 4.79 Å². The summed E-state index contributed by atoms with van der Waals surface area (Å²) in [6.45, 7) is 4.04. The van der Waals surface area contributed by atoms with Crippen LogP contribution in [0.4, 0.5) is 5.69 Å². The van der Waals surface area contributed by atoms with Crippen molar-refractivity contribution in [2.75, 3.05) is 5.32 Å². The molecule has 1 aromatic heterocycles. The monoisotopic (exact) mass is 323 g/mol. The summed E-state index contributed by atoms with van der Waals surface area (Å²) in [5.41, 5.74) is 4.16. The van der Waals surface area contributed by atoms with E-state index in [1.165, 1.54) is 0 Å². The van der Waals surface area contributed by atoms with Crippen LogP contribution in [0.1, 0.15) is 16.7 Å². The molecule has 0 radical (unpaired) electrons. The lowest BCUT2D eigenvalue weighted by Gasteiger charge is -2.09. The van der Waals surface area contributed by atoms with Gasteiger partial charge in [0.1, 0.15) is 0 Å². The molecule has 94 valence electrons. The second kappa shape index (κ2) is 5.67. The number of nitrogens with one attached hydrogen (secondary N) is 1. The van der Waals surface area contributed by atoms with Crippen LogP contribution in [0.2, 0.25) is 0 Å². The Hall–Kier alpha value is -1.13. The van der Waals surface area contributed by atoms with Gasteiger partial charge in [0.15, 0.2) is 0 Å². The maximum atomic E-state index is 11.9. The number of anilines is 1. The van der Waals surface area contributed by atoms with Crippen molar-refractivity contribution in [3.05, 3.63) is 50.1 Å². The van der Waals surface area contributed by atoms with Gasteiger partial charge in [0.2, 0.25) is 5.91 Å². The van der Waals surface area contributed by atoms with Crippen LogP contribution < -0.4 is 5.32 Å². The summed E-state index contributed by atoms with van der Waals surface area (Å²) in [4.78, 5) is 11.9. The zero-order valence-corrected chi connectivity index (χ0v) is 12.7. The standard InChI is InChI=1S/C14H14BrNOS/c1-9-5-12(6-10(2)14(9)15)16-13(17)7-11-3-4-18-8-11/h3-6,8H,7H2,1-2H3,(H,16,17). The molecule has 0 atom stereocenters. The van der Waals surface area contributed by atoms with Crippen LogP contribution in [0.5, 0.6) is 0 Å². The van der Waals surface area contributed by atoms with Crippen LogP contribution in [-0.4, -0.2) is 5.91 Å². The van der Waals surface area contributed by atoms with E-state index in [1.807, 2.05) is 42.8 Å². The number of thiophene rings is 1. The predicted molar refractivity (Wildman–Crippen MR) is 80.3 cm³/mol. The minimum Gasteiger partial charge on any atom is -0.326 e. The van der Waals surface area contributed by atoms with E-state index in [4.69, 9.17) is 0 Å². The van der Waals surface area contributed by atoms with Gasteiger partial charge in [0.25, 0.3) is 0 Å². The summed E-state index contributed by atoms with van der Waals surface area (Å²) >= 11 is 5.13. The van der Waals surface area contributed by atoms with Crippen molar-refractivity contribution in [1.82, 2.24) is 0 Å². The SMILES string of the molecule is Cc1cc(NC(=O)Cc2ccsc2)cc(C)c1Br. The molecule has 0 aliphatic rings. The summed E-state index contributed by atoms with van der Waals surface area (Å²) in [6, 6.07) is 5.92. The number of amides is 1. The van der Waals surface area contributed by atoms with E-state index in [1.54, 1.807) is 11.3 Å². The molecule has 0 aliphatic heterocycles. The fourth-order valence-electron chi connectivity index (χ4n) is 1.80. The molecule has 0 fully saturated rings. The van der Waals surface area contributed by atoms with Crippen molar-refractivity contribution < 1.29 is 4.79 Å². The molecule has 0 spiro atoms. The number of carbonyl (C=O) groups excluding carboxylic acids is 1. The van der Waals surface area contributed by atoms with Crippen LogP contribution in [0.3, 0.4) is 0 Å². The first-order valence-corrected chi connectivity index (χ1v) is 7.37.